The third-order valence-electron chi connectivity index (χ3n) is 24.6. The minimum absolute atomic E-state index is 0. The van der Waals surface area contributed by atoms with Crippen LogP contribution in [0.4, 0.5) is 14.4 Å². The number of aldehydes is 1. The molecule has 8 aliphatic rings. The Morgan fingerprint density at radius 2 is 0.709 bits per heavy atom. The van der Waals surface area contributed by atoms with Gasteiger partial charge in [0.2, 0.25) is 0 Å². The maximum absolute atomic E-state index is 11.9. The van der Waals surface area contributed by atoms with Gasteiger partial charge < -0.3 is 41.2 Å². The van der Waals surface area contributed by atoms with E-state index < -0.39 is 16.8 Å². The number of pyridine rings is 4. The number of nitrogens with one attached hydrogen (secondary N) is 4. The van der Waals surface area contributed by atoms with Crippen molar-refractivity contribution in [1.29, 1.82) is 0 Å². The molecule has 4 heterocycles. The lowest BCUT2D eigenvalue weighted by atomic mass is 9.90. The second-order valence-electron chi connectivity index (χ2n) is 37.5. The Labute approximate surface area is 759 Å². The lowest BCUT2D eigenvalue weighted by Crippen LogP contribution is -2.34. The first-order valence-corrected chi connectivity index (χ1v) is 46.9. The largest absolute Gasteiger partial charge is 0.444 e. The molecule has 4 aromatic carbocycles. The van der Waals surface area contributed by atoms with Gasteiger partial charge in [-0.05, 0) is 357 Å². The van der Waals surface area contributed by atoms with E-state index in [2.05, 4.69) is 187 Å². The number of hydrogen-bond acceptors (Lipinski definition) is 16. The highest BCUT2D eigenvalue weighted by Crippen LogP contribution is 2.40. The average Bonchev–Trinajstić information content (AvgIpc) is 1.78. The van der Waals surface area contributed by atoms with Gasteiger partial charge in [0.15, 0.2) is 0 Å². The summed E-state index contributed by atoms with van der Waals surface area (Å²) in [6, 6.07) is 44.5. The fourth-order valence-corrected chi connectivity index (χ4v) is 18.7. The molecule has 0 bridgehead atoms. The van der Waals surface area contributed by atoms with Gasteiger partial charge in [0, 0.05) is 84.1 Å². The van der Waals surface area contributed by atoms with E-state index in [1.54, 1.807) is 0 Å². The quantitative estimate of drug-likeness (QED) is 0.0122. The van der Waals surface area contributed by atoms with E-state index >= 15 is 0 Å². The van der Waals surface area contributed by atoms with Crippen molar-refractivity contribution in [2.45, 2.75) is 277 Å². The van der Waals surface area contributed by atoms with Crippen molar-refractivity contribution in [1.82, 2.24) is 55.9 Å². The fraction of sp³-hybridized carbons (Fsp3) is 0.477. The molecule has 0 aliphatic heterocycles. The Balaban J connectivity index is 0.000000158. The van der Waals surface area contributed by atoms with Crippen molar-refractivity contribution < 1.29 is 33.4 Å². The number of nitrogens with two attached hydrogens (primary N) is 1. The number of ether oxygens (including phenoxy) is 3. The van der Waals surface area contributed by atoms with E-state index in [-0.39, 0.29) is 26.7 Å². The number of hydrogen-bond donors (Lipinski definition) is 5. The summed E-state index contributed by atoms with van der Waals surface area (Å²) in [5.74, 6) is 0. The van der Waals surface area contributed by atoms with Crippen molar-refractivity contribution in [2.24, 2.45) is 5.73 Å². The van der Waals surface area contributed by atoms with E-state index in [1.165, 1.54) is 145 Å². The second-order valence-corrected chi connectivity index (χ2v) is 37.5. The van der Waals surface area contributed by atoms with Gasteiger partial charge in [-0.25, -0.2) is 14.4 Å². The highest BCUT2D eigenvalue weighted by molar-refractivity contribution is 5.81. The molecule has 6 N–H and O–H groups in total. The number of aryl methyl sites for hydroxylation is 4. The van der Waals surface area contributed by atoms with E-state index in [0.29, 0.717) is 43.8 Å². The first-order valence-electron chi connectivity index (χ1n) is 46.9. The van der Waals surface area contributed by atoms with Crippen LogP contribution in [0.5, 0.6) is 0 Å². The predicted octanol–water partition coefficient (Wildman–Crippen LogP) is 21.0. The van der Waals surface area contributed by atoms with Crippen molar-refractivity contribution in [3.05, 3.63) is 282 Å². The molecule has 4 unspecified atom stereocenters. The van der Waals surface area contributed by atoms with Crippen molar-refractivity contribution in [3.8, 4) is 0 Å². The van der Waals surface area contributed by atoms with Gasteiger partial charge in [-0.15, -0.1) is 0 Å². The van der Waals surface area contributed by atoms with E-state index in [9.17, 15) is 19.2 Å². The molecule has 8 aromatic rings. The number of benzene rings is 4. The molecular formula is C107H140BN12O7. The van der Waals surface area contributed by atoms with Crippen LogP contribution >= 0.6 is 0 Å². The third-order valence-corrected chi connectivity index (χ3v) is 24.6. The van der Waals surface area contributed by atoms with E-state index in [1.807, 2.05) is 111 Å². The summed E-state index contributed by atoms with van der Waals surface area (Å²) in [5, 5.41) is 12.2. The number of amides is 3. The standard InChI is InChI=1S/2C28H37N3O2.C23H29N3.C18H29N3O2.C10H8O.B/c2*1-28(2,3)33-27(32)30-17-4-5-19-31(20-23-13-6-10-21-11-7-15-24(21)23)25-16-8-12-22-14-9-18-29-26(22)25;24-14-1-2-16-26(17-20-10-3-7-18-8-4-12-21(18)20)22-13-5-9-19-11-6-15-25-23(19)22;1-18(2,3)23-17(22)21-12-5-4-11-19-15-10-6-8-14-9-7-13-20-16(14)15;11-7-9-5-1-3-8-4-2-6-10(8)9;/h2*6-7,9-11,13-14,18,25H,4-5,8,12,15-17,19-20H2,1-3H3,(H,30,32);3-4,6-8,10-11,15,22H,1-2,5,9,12-14,16-17,24H2;7,9,13,15,19H,4-6,8,10-12H2,1-3H3,(H,21,22);1-5,7H,6H2;. The molecule has 0 spiro atoms. The van der Waals surface area contributed by atoms with Gasteiger partial charge in [-0.1, -0.05) is 146 Å². The third kappa shape index (κ3) is 29.7. The summed E-state index contributed by atoms with van der Waals surface area (Å²) in [6.07, 6.45) is 51.5. The van der Waals surface area contributed by atoms with Crippen LogP contribution in [0.25, 0.3) is 24.3 Å². The normalized spacial score (nSPS) is 16.9. The zero-order chi connectivity index (χ0) is 88.7. The number of carbonyl (C=O) groups is 4. The molecule has 0 saturated heterocycles. The van der Waals surface area contributed by atoms with Crippen molar-refractivity contribution in [3.63, 3.8) is 0 Å². The van der Waals surface area contributed by atoms with Gasteiger partial charge in [-0.2, -0.15) is 0 Å². The molecule has 3 radical (unpaired) electrons. The van der Waals surface area contributed by atoms with Crippen LogP contribution in [0.1, 0.15) is 306 Å². The fourth-order valence-electron chi connectivity index (χ4n) is 18.7. The average molecular weight is 1720 g/mol. The maximum Gasteiger partial charge on any atom is 0.407 e. The number of rotatable bonds is 30. The lowest BCUT2D eigenvalue weighted by molar-refractivity contribution is 0.0514. The van der Waals surface area contributed by atoms with E-state index in [4.69, 9.17) is 34.9 Å². The summed E-state index contributed by atoms with van der Waals surface area (Å²) in [7, 11) is 0. The number of carbonyl (C=O) groups excluding carboxylic acids is 4. The highest BCUT2D eigenvalue weighted by Gasteiger charge is 2.33. The molecule has 673 valence electrons. The van der Waals surface area contributed by atoms with Gasteiger partial charge in [0.05, 0.1) is 40.9 Å². The number of allylic oxidation sites excluding steroid dienone is 4. The van der Waals surface area contributed by atoms with Gasteiger partial charge >= 0.3 is 18.3 Å². The van der Waals surface area contributed by atoms with Gasteiger partial charge in [0.25, 0.3) is 0 Å². The molecule has 3 amide bonds. The summed E-state index contributed by atoms with van der Waals surface area (Å²) < 4.78 is 15.9. The molecule has 19 nitrogen and oxygen atoms in total. The first kappa shape index (κ1) is 97.4. The first-order chi connectivity index (χ1) is 61.0. The lowest BCUT2D eigenvalue weighted by Gasteiger charge is -2.35. The monoisotopic (exact) mass is 1720 g/mol. The Hall–Kier alpha value is -10.2. The minimum atomic E-state index is -0.465. The Kier molecular flexibility index (Phi) is 37.4. The van der Waals surface area contributed by atoms with Crippen LogP contribution in [0.2, 0.25) is 0 Å². The highest BCUT2D eigenvalue weighted by atomic mass is 16.6. The zero-order valence-electron chi connectivity index (χ0n) is 77.3. The van der Waals surface area contributed by atoms with Crippen molar-refractivity contribution in [2.75, 3.05) is 52.4 Å². The topological polar surface area (TPSA) is 231 Å². The number of unbranched alkanes of at least 4 members (excludes halogenated alkanes) is 4. The van der Waals surface area contributed by atoms with E-state index in [0.717, 1.165) is 180 Å². The van der Waals surface area contributed by atoms with Crippen LogP contribution in [0.3, 0.4) is 0 Å². The van der Waals surface area contributed by atoms with Gasteiger partial charge in [-0.3, -0.25) is 39.4 Å². The summed E-state index contributed by atoms with van der Waals surface area (Å²) in [5.41, 5.74) is 31.1. The van der Waals surface area contributed by atoms with Crippen LogP contribution in [-0.4, -0.2) is 137 Å². The molecule has 8 aliphatic carbocycles. The molecule has 16 rings (SSSR count). The molecule has 0 fully saturated rings. The molecule has 20 heteroatoms. The molecule has 0 saturated carbocycles. The second kappa shape index (κ2) is 48.8. The maximum atomic E-state index is 11.9. The van der Waals surface area contributed by atoms with Crippen LogP contribution < -0.4 is 27.0 Å². The number of alkyl carbamates (subject to hydrolysis) is 3. The number of fused-ring (bicyclic) bond motifs is 8. The van der Waals surface area contributed by atoms with Crippen LogP contribution in [0, 0.1) is 0 Å². The number of aromatic nitrogens is 4. The van der Waals surface area contributed by atoms with Gasteiger partial charge in [0.1, 0.15) is 23.1 Å². The summed E-state index contributed by atoms with van der Waals surface area (Å²) in [4.78, 5) is 72.8. The minimum Gasteiger partial charge on any atom is -0.444 e. The van der Waals surface area contributed by atoms with Crippen LogP contribution in [0.15, 0.2) is 170 Å². The number of nitrogens with zero attached hydrogens (tertiary/aromatic N) is 7. The summed E-state index contributed by atoms with van der Waals surface area (Å²) in [6.45, 7) is 26.5. The molecule has 4 aromatic heterocycles. The molecule has 127 heavy (non-hydrogen) atoms. The Bertz CT molecular complexity index is 4840. The van der Waals surface area contributed by atoms with Crippen LogP contribution in [-0.2, 0) is 85.2 Å². The molecular weight excluding hydrogens is 1580 g/mol. The van der Waals surface area contributed by atoms with Crippen molar-refractivity contribution >= 4 is 57.3 Å². The smallest absolute Gasteiger partial charge is 0.407 e. The Morgan fingerprint density at radius 1 is 0.394 bits per heavy atom. The SMILES string of the molecule is CC(C)(C)OC(=O)NCCCCN(Cc1cccc2c1CC=C2)C1CCCc2cccnc21.CC(C)(C)OC(=O)NCCCCN(Cc1cccc2c1CC=C2)C1CCCc2cccnc21.CC(C)(C)OC(=O)NCCCCNC1CCCc2cccnc21.NCCCCN(Cc1cccc2c1CC=C2)C1CCCc2cccnc21.O=Cc1cccc2c1CC=C2.[B]. The Morgan fingerprint density at radius 3 is 1.07 bits per heavy atom. The zero-order valence-corrected chi connectivity index (χ0v) is 77.3. The molecule has 4 atom stereocenters. The predicted molar refractivity (Wildman–Crippen MR) is 515 cm³/mol. The summed E-state index contributed by atoms with van der Waals surface area (Å²) >= 11 is 0.